The van der Waals surface area contributed by atoms with Gasteiger partial charge in [-0.2, -0.15) is 0 Å². The van der Waals surface area contributed by atoms with E-state index in [0.717, 1.165) is 31.4 Å². The molecule has 1 aliphatic carbocycles. The number of guanidine groups is 1. The summed E-state index contributed by atoms with van der Waals surface area (Å²) in [6.07, 6.45) is 11.1. The lowest BCUT2D eigenvalue weighted by Gasteiger charge is -2.24. The Bertz CT molecular complexity index is 519. The topological polar surface area (TPSA) is 52.6 Å². The molecule has 1 saturated heterocycles. The van der Waals surface area contributed by atoms with Crippen molar-refractivity contribution in [3.8, 4) is 0 Å². The van der Waals surface area contributed by atoms with Crippen molar-refractivity contribution in [2.45, 2.75) is 64.5 Å². The minimum absolute atomic E-state index is 0. The number of aliphatic imine (C=N–C) groups is 1. The molecule has 0 bridgehead atoms. The van der Waals surface area contributed by atoms with E-state index in [9.17, 15) is 0 Å². The third-order valence-corrected chi connectivity index (χ3v) is 4.95. The van der Waals surface area contributed by atoms with Gasteiger partial charge in [-0.25, -0.2) is 9.98 Å². The van der Waals surface area contributed by atoms with E-state index in [1.54, 1.807) is 0 Å². The zero-order chi connectivity index (χ0) is 16.6. The lowest BCUT2D eigenvalue weighted by molar-refractivity contribution is 0.410. The molecular weight excluding hydrogens is 425 g/mol. The van der Waals surface area contributed by atoms with Crippen LogP contribution in [0.5, 0.6) is 0 Å². The highest BCUT2D eigenvalue weighted by atomic mass is 127. The Balaban J connectivity index is 0.00000225. The summed E-state index contributed by atoms with van der Waals surface area (Å²) in [6.45, 7) is 5.96. The second kappa shape index (κ2) is 10.8. The highest BCUT2D eigenvalue weighted by Crippen LogP contribution is 2.18. The van der Waals surface area contributed by atoms with Crippen LogP contribution in [-0.2, 0) is 6.54 Å². The molecule has 2 N–H and O–H groups in total. The van der Waals surface area contributed by atoms with Crippen LogP contribution in [0.15, 0.2) is 23.3 Å². The molecule has 6 heteroatoms. The van der Waals surface area contributed by atoms with Crippen LogP contribution in [-0.4, -0.2) is 36.6 Å². The summed E-state index contributed by atoms with van der Waals surface area (Å²) in [5, 5.41) is 6.96. The van der Waals surface area contributed by atoms with E-state index in [2.05, 4.69) is 39.6 Å². The normalized spacial score (nSPS) is 18.8. The zero-order valence-electron chi connectivity index (χ0n) is 15.3. The zero-order valence-corrected chi connectivity index (χ0v) is 17.7. The van der Waals surface area contributed by atoms with Crippen molar-refractivity contribution in [2.24, 2.45) is 4.99 Å². The van der Waals surface area contributed by atoms with Crippen LogP contribution in [0.3, 0.4) is 0 Å². The van der Waals surface area contributed by atoms with Crippen LogP contribution in [0.4, 0.5) is 5.82 Å². The fourth-order valence-corrected chi connectivity index (χ4v) is 3.57. The molecule has 1 aliphatic heterocycles. The predicted octanol–water partition coefficient (Wildman–Crippen LogP) is 3.69. The summed E-state index contributed by atoms with van der Waals surface area (Å²) in [4.78, 5) is 11.7. The summed E-state index contributed by atoms with van der Waals surface area (Å²) >= 11 is 0. The van der Waals surface area contributed by atoms with Gasteiger partial charge in [-0.3, -0.25) is 0 Å². The van der Waals surface area contributed by atoms with Crippen molar-refractivity contribution >= 4 is 35.8 Å². The Morgan fingerprint density at radius 1 is 1.16 bits per heavy atom. The van der Waals surface area contributed by atoms with E-state index >= 15 is 0 Å². The predicted molar refractivity (Wildman–Crippen MR) is 116 cm³/mol. The van der Waals surface area contributed by atoms with Crippen LogP contribution in [0, 0.1) is 0 Å². The molecule has 2 fully saturated rings. The Morgan fingerprint density at radius 2 is 1.92 bits per heavy atom. The monoisotopic (exact) mass is 457 g/mol. The molecular formula is C19H32IN5. The second-order valence-corrected chi connectivity index (χ2v) is 6.89. The third-order valence-electron chi connectivity index (χ3n) is 4.95. The first-order chi connectivity index (χ1) is 11.8. The molecule has 3 rings (SSSR count). The third kappa shape index (κ3) is 6.31. The fraction of sp³-hybridized carbons (Fsp3) is 0.684. The van der Waals surface area contributed by atoms with E-state index in [-0.39, 0.29) is 24.0 Å². The number of aromatic nitrogens is 1. The van der Waals surface area contributed by atoms with Gasteiger partial charge in [0.1, 0.15) is 5.82 Å². The van der Waals surface area contributed by atoms with Crippen LogP contribution < -0.4 is 15.5 Å². The Labute approximate surface area is 169 Å². The van der Waals surface area contributed by atoms with Gasteiger partial charge in [0.25, 0.3) is 0 Å². The first-order valence-electron chi connectivity index (χ1n) is 9.60. The summed E-state index contributed by atoms with van der Waals surface area (Å²) < 4.78 is 0. The Hall–Kier alpha value is -1.05. The number of hydrogen-bond acceptors (Lipinski definition) is 3. The van der Waals surface area contributed by atoms with Gasteiger partial charge in [0.05, 0.1) is 6.54 Å². The minimum atomic E-state index is 0. The number of rotatable bonds is 5. The fourth-order valence-electron chi connectivity index (χ4n) is 3.57. The maximum Gasteiger partial charge on any atom is 0.191 e. The largest absolute Gasteiger partial charge is 0.357 e. The smallest absolute Gasteiger partial charge is 0.191 e. The van der Waals surface area contributed by atoms with Crippen molar-refractivity contribution in [1.29, 1.82) is 0 Å². The van der Waals surface area contributed by atoms with Crippen LogP contribution >= 0.6 is 24.0 Å². The summed E-state index contributed by atoms with van der Waals surface area (Å²) in [7, 11) is 0. The van der Waals surface area contributed by atoms with Crippen LogP contribution in [0.25, 0.3) is 0 Å². The number of hydrogen-bond donors (Lipinski definition) is 2. The number of nitrogens with one attached hydrogen (secondary N) is 2. The molecule has 25 heavy (non-hydrogen) atoms. The Kier molecular flexibility index (Phi) is 8.78. The van der Waals surface area contributed by atoms with E-state index in [1.807, 2.05) is 6.20 Å². The molecule has 0 atom stereocenters. The summed E-state index contributed by atoms with van der Waals surface area (Å²) in [6, 6.07) is 4.87. The summed E-state index contributed by atoms with van der Waals surface area (Å²) in [5.74, 6) is 2.04. The number of pyridine rings is 1. The average Bonchev–Trinajstić information content (AvgIpc) is 3.16. The maximum absolute atomic E-state index is 4.75. The molecule has 0 spiro atoms. The minimum Gasteiger partial charge on any atom is -0.357 e. The van der Waals surface area contributed by atoms with Crippen LogP contribution in [0.1, 0.15) is 57.4 Å². The van der Waals surface area contributed by atoms with E-state index in [0.29, 0.717) is 12.6 Å². The van der Waals surface area contributed by atoms with Crippen molar-refractivity contribution < 1.29 is 0 Å². The molecule has 0 unspecified atom stereocenters. The van der Waals surface area contributed by atoms with Gasteiger partial charge >= 0.3 is 0 Å². The second-order valence-electron chi connectivity index (χ2n) is 6.89. The van der Waals surface area contributed by atoms with Gasteiger partial charge in [-0.1, -0.05) is 25.3 Å². The number of nitrogens with zero attached hydrogens (tertiary/aromatic N) is 3. The molecule has 1 aromatic rings. The average molecular weight is 457 g/mol. The summed E-state index contributed by atoms with van der Waals surface area (Å²) in [5.41, 5.74) is 1.17. The lowest BCUT2D eigenvalue weighted by atomic mass is 9.96. The van der Waals surface area contributed by atoms with Crippen molar-refractivity contribution in [2.75, 3.05) is 24.5 Å². The van der Waals surface area contributed by atoms with E-state index in [1.165, 1.54) is 50.5 Å². The molecule has 2 heterocycles. The van der Waals surface area contributed by atoms with Crippen molar-refractivity contribution in [3.63, 3.8) is 0 Å². The Morgan fingerprint density at radius 3 is 2.56 bits per heavy atom. The molecule has 0 radical (unpaired) electrons. The van der Waals surface area contributed by atoms with Gasteiger partial charge in [0, 0.05) is 31.9 Å². The quantitative estimate of drug-likeness (QED) is 0.403. The number of halogens is 1. The molecule has 5 nitrogen and oxygen atoms in total. The van der Waals surface area contributed by atoms with Crippen molar-refractivity contribution in [1.82, 2.24) is 15.6 Å². The van der Waals surface area contributed by atoms with Gasteiger partial charge in [-0.15, -0.1) is 24.0 Å². The first kappa shape index (κ1) is 20.3. The SMILES string of the molecule is CCNC(=NCc1ccc(N2CCCC2)nc1)NC1CCCCC1.I. The molecule has 2 aliphatic rings. The molecule has 1 aromatic heterocycles. The van der Waals surface area contributed by atoms with Gasteiger partial charge in [0.15, 0.2) is 5.96 Å². The van der Waals surface area contributed by atoms with Gasteiger partial charge in [-0.05, 0) is 44.2 Å². The molecule has 140 valence electrons. The highest BCUT2D eigenvalue weighted by molar-refractivity contribution is 14.0. The van der Waals surface area contributed by atoms with E-state index < -0.39 is 0 Å². The molecule has 0 aromatic carbocycles. The van der Waals surface area contributed by atoms with Crippen LogP contribution in [0.2, 0.25) is 0 Å². The van der Waals surface area contributed by atoms with Gasteiger partial charge in [0.2, 0.25) is 0 Å². The molecule has 1 saturated carbocycles. The number of anilines is 1. The lowest BCUT2D eigenvalue weighted by Crippen LogP contribution is -2.44. The first-order valence-corrected chi connectivity index (χ1v) is 9.60. The standard InChI is InChI=1S/C19H31N5.HI/c1-2-20-19(23-17-8-4-3-5-9-17)22-15-16-10-11-18(21-14-16)24-12-6-7-13-24;/h10-11,14,17H,2-9,12-13,15H2,1H3,(H2,20,22,23);1H. The van der Waals surface area contributed by atoms with E-state index in [4.69, 9.17) is 4.99 Å². The van der Waals surface area contributed by atoms with Crippen molar-refractivity contribution in [3.05, 3.63) is 23.9 Å². The van der Waals surface area contributed by atoms with Gasteiger partial charge < -0.3 is 15.5 Å². The molecule has 0 amide bonds. The highest BCUT2D eigenvalue weighted by Gasteiger charge is 2.15. The maximum atomic E-state index is 4.75.